The van der Waals surface area contributed by atoms with Gasteiger partial charge in [-0.25, -0.2) is 4.79 Å². The molecule has 2 amide bonds. The summed E-state index contributed by atoms with van der Waals surface area (Å²) >= 11 is 0. The van der Waals surface area contributed by atoms with E-state index in [2.05, 4.69) is 70.9 Å². The Morgan fingerprint density at radius 2 is 1.58 bits per heavy atom. The lowest BCUT2D eigenvalue weighted by atomic mass is 9.32. The van der Waals surface area contributed by atoms with Gasteiger partial charge in [0.2, 0.25) is 0 Å². The SMILES string of the molecule is C=C(C)[C@@H]1CC[C@]2(NC(=O)NCc3ccccc3)CC[C@]3(C)[C@H](CC[C@@H]4[C@@]5(C)CC[C@H](OC(=O)CC(C)(C)C(=O)O)C(C)(C)[C@@H]5CC[C@]43C)[C@@H]12. The Bertz CT molecular complexity index is 1500. The second-order valence-corrected chi connectivity index (χ2v) is 19.3. The minimum atomic E-state index is -1.15. The van der Waals surface area contributed by atoms with Crippen molar-refractivity contribution in [1.29, 1.82) is 0 Å². The predicted octanol–water partition coefficient (Wildman–Crippen LogP) is 9.31. The van der Waals surface area contributed by atoms with Gasteiger partial charge in [-0.05, 0) is 136 Å². The molecule has 7 heteroatoms. The molecule has 5 aliphatic rings. The number of carboxylic acid groups (broad SMARTS) is 1. The second kappa shape index (κ2) is 12.7. The molecule has 3 N–H and O–H groups in total. The molecule has 0 unspecified atom stereocenters. The highest BCUT2D eigenvalue weighted by molar-refractivity contribution is 5.81. The van der Waals surface area contributed by atoms with E-state index >= 15 is 0 Å². The first-order chi connectivity index (χ1) is 23.3. The third-order valence-corrected chi connectivity index (χ3v) is 16.1. The van der Waals surface area contributed by atoms with Gasteiger partial charge in [-0.3, -0.25) is 9.59 Å². The Labute approximate surface area is 301 Å². The smallest absolute Gasteiger partial charge is 0.315 e. The molecule has 1 aromatic rings. The lowest BCUT2D eigenvalue weighted by Gasteiger charge is -2.73. The third-order valence-electron chi connectivity index (χ3n) is 16.1. The topological polar surface area (TPSA) is 105 Å². The summed E-state index contributed by atoms with van der Waals surface area (Å²) < 4.78 is 6.17. The number of aliphatic carboxylic acids is 1. The van der Waals surface area contributed by atoms with Crippen LogP contribution in [0.3, 0.4) is 0 Å². The van der Waals surface area contributed by atoms with Gasteiger partial charge in [0.15, 0.2) is 0 Å². The maximum absolute atomic E-state index is 13.6. The fourth-order valence-electron chi connectivity index (χ4n) is 13.2. The number of benzene rings is 1. The Morgan fingerprint density at radius 3 is 2.24 bits per heavy atom. The van der Waals surface area contributed by atoms with Crippen molar-refractivity contribution in [3.8, 4) is 0 Å². The number of amides is 2. The van der Waals surface area contributed by atoms with Gasteiger partial charge in [-0.2, -0.15) is 0 Å². The number of allylic oxidation sites excluding steroid dienone is 1. The van der Waals surface area contributed by atoms with Crippen LogP contribution in [0, 0.1) is 56.7 Å². The average Bonchev–Trinajstić information content (AvgIpc) is 3.41. The summed E-state index contributed by atoms with van der Waals surface area (Å²) in [5, 5.41) is 16.4. The van der Waals surface area contributed by atoms with E-state index in [-0.39, 0.29) is 45.8 Å². The van der Waals surface area contributed by atoms with Gasteiger partial charge in [0.25, 0.3) is 0 Å². The molecule has 0 aromatic heterocycles. The van der Waals surface area contributed by atoms with Crippen molar-refractivity contribution in [2.45, 2.75) is 144 Å². The molecule has 0 heterocycles. The molecule has 5 aliphatic carbocycles. The molecule has 1 aromatic carbocycles. The van der Waals surface area contributed by atoms with Crippen LogP contribution in [0.1, 0.15) is 132 Å². The van der Waals surface area contributed by atoms with Crippen molar-refractivity contribution >= 4 is 18.0 Å². The molecule has 0 radical (unpaired) electrons. The Kier molecular flexibility index (Phi) is 9.37. The van der Waals surface area contributed by atoms with Crippen molar-refractivity contribution in [3.05, 3.63) is 48.0 Å². The molecule has 0 aliphatic heterocycles. The first kappa shape index (κ1) is 36.9. The number of hydrogen-bond donors (Lipinski definition) is 3. The fraction of sp³-hybridized carbons (Fsp3) is 0.744. The lowest BCUT2D eigenvalue weighted by molar-refractivity contribution is -0.246. The minimum absolute atomic E-state index is 0.0519. The number of fused-ring (bicyclic) bond motifs is 7. The maximum atomic E-state index is 13.6. The molecule has 0 saturated heterocycles. The largest absolute Gasteiger partial charge is 0.481 e. The van der Waals surface area contributed by atoms with Crippen LogP contribution in [0.2, 0.25) is 0 Å². The molecule has 5 saturated carbocycles. The highest BCUT2D eigenvalue weighted by atomic mass is 16.5. The zero-order valence-corrected chi connectivity index (χ0v) is 32.1. The highest BCUT2D eigenvalue weighted by Crippen LogP contribution is 2.76. The quantitative estimate of drug-likeness (QED) is 0.187. The van der Waals surface area contributed by atoms with Gasteiger partial charge in [0, 0.05) is 17.5 Å². The van der Waals surface area contributed by atoms with Crippen molar-refractivity contribution in [2.24, 2.45) is 56.7 Å². The first-order valence-electron chi connectivity index (χ1n) is 19.5. The summed E-state index contributed by atoms with van der Waals surface area (Å²) in [5.74, 6) is 0.914. The van der Waals surface area contributed by atoms with Gasteiger partial charge in [0.05, 0.1) is 11.8 Å². The number of esters is 1. The van der Waals surface area contributed by atoms with Crippen LogP contribution in [0.5, 0.6) is 0 Å². The van der Waals surface area contributed by atoms with Gasteiger partial charge >= 0.3 is 18.0 Å². The monoisotopic (exact) mass is 688 g/mol. The predicted molar refractivity (Wildman–Crippen MR) is 197 cm³/mol. The second-order valence-electron chi connectivity index (χ2n) is 19.3. The van der Waals surface area contributed by atoms with E-state index in [1.54, 1.807) is 13.8 Å². The van der Waals surface area contributed by atoms with Crippen molar-refractivity contribution in [1.82, 2.24) is 10.6 Å². The van der Waals surface area contributed by atoms with Gasteiger partial charge in [0.1, 0.15) is 6.10 Å². The first-order valence-corrected chi connectivity index (χ1v) is 19.5. The Hall–Kier alpha value is -2.83. The van der Waals surface area contributed by atoms with E-state index < -0.39 is 17.4 Å². The molecule has 10 atom stereocenters. The summed E-state index contributed by atoms with van der Waals surface area (Å²) in [6, 6.07) is 10.1. The molecular weight excluding hydrogens is 624 g/mol. The number of urea groups is 1. The number of carbonyl (C=O) groups is 3. The number of carboxylic acids is 1. The van der Waals surface area contributed by atoms with Gasteiger partial charge < -0.3 is 20.5 Å². The van der Waals surface area contributed by atoms with Crippen LogP contribution in [-0.4, -0.2) is 34.7 Å². The summed E-state index contributed by atoms with van der Waals surface area (Å²) in [6.45, 7) is 22.8. The van der Waals surface area contributed by atoms with Crippen LogP contribution in [0.25, 0.3) is 0 Å². The van der Waals surface area contributed by atoms with E-state index in [1.165, 1.54) is 18.4 Å². The van der Waals surface area contributed by atoms with E-state index in [4.69, 9.17) is 4.74 Å². The number of nitrogens with one attached hydrogen (secondary N) is 2. The van der Waals surface area contributed by atoms with Gasteiger partial charge in [-0.15, -0.1) is 0 Å². The molecule has 7 nitrogen and oxygen atoms in total. The molecule has 6 rings (SSSR count). The molecular formula is C43H64N2O5. The number of ether oxygens (including phenoxy) is 1. The third kappa shape index (κ3) is 5.81. The van der Waals surface area contributed by atoms with E-state index in [0.29, 0.717) is 36.1 Å². The minimum Gasteiger partial charge on any atom is -0.481 e. The molecule has 276 valence electrons. The zero-order chi connectivity index (χ0) is 36.5. The summed E-state index contributed by atoms with van der Waals surface area (Å²) in [5.41, 5.74) is 1.24. The molecule has 0 spiro atoms. The lowest BCUT2D eigenvalue weighted by Crippen LogP contribution is -2.69. The van der Waals surface area contributed by atoms with E-state index in [0.717, 1.165) is 56.9 Å². The number of carbonyl (C=O) groups excluding carboxylic acids is 2. The van der Waals surface area contributed by atoms with E-state index in [9.17, 15) is 19.5 Å². The van der Waals surface area contributed by atoms with Gasteiger partial charge in [-0.1, -0.05) is 77.1 Å². The van der Waals surface area contributed by atoms with Crippen molar-refractivity contribution in [3.63, 3.8) is 0 Å². The summed E-state index contributed by atoms with van der Waals surface area (Å²) in [4.78, 5) is 38.4. The van der Waals surface area contributed by atoms with E-state index in [1.807, 2.05) is 18.2 Å². The fourth-order valence-corrected chi connectivity index (χ4v) is 13.2. The average molecular weight is 689 g/mol. The van der Waals surface area contributed by atoms with Crippen LogP contribution >= 0.6 is 0 Å². The molecule has 5 fully saturated rings. The standard InChI is InChI=1S/C43H64N2O5/c1-27(2)29-17-22-43(45-37(49)44-26-28-13-11-10-12-14-28)24-23-41(8)30(35(29)43)15-16-32-40(7)20-19-33(50-34(46)25-38(3,4)36(47)48)39(5,6)31(40)18-21-42(32,41)9/h10-14,29-33,35H,1,15-26H2,2-9H3,(H,47,48)(H2,44,45,49)/t29-,30+,31-,32+,33-,35+,40-,41+,42+,43-/m0/s1. The Balaban J connectivity index is 1.23. The summed E-state index contributed by atoms with van der Waals surface area (Å²) in [7, 11) is 0. The molecule has 50 heavy (non-hydrogen) atoms. The zero-order valence-electron chi connectivity index (χ0n) is 32.1. The van der Waals surface area contributed by atoms with Crippen LogP contribution in [0.4, 0.5) is 4.79 Å². The number of hydrogen-bond acceptors (Lipinski definition) is 4. The normalized spacial score (nSPS) is 40.2. The van der Waals surface area contributed by atoms with Crippen LogP contribution in [-0.2, 0) is 20.9 Å². The van der Waals surface area contributed by atoms with Crippen LogP contribution < -0.4 is 10.6 Å². The van der Waals surface area contributed by atoms with Crippen LogP contribution in [0.15, 0.2) is 42.5 Å². The Morgan fingerprint density at radius 1 is 0.880 bits per heavy atom. The molecule has 0 bridgehead atoms. The highest BCUT2D eigenvalue weighted by Gasteiger charge is 2.71. The number of rotatable bonds is 8. The summed E-state index contributed by atoms with van der Waals surface area (Å²) in [6.07, 6.45) is 10.4. The maximum Gasteiger partial charge on any atom is 0.315 e. The van der Waals surface area contributed by atoms with Crippen molar-refractivity contribution in [2.75, 3.05) is 0 Å². The van der Waals surface area contributed by atoms with Crippen molar-refractivity contribution < 1.29 is 24.2 Å².